The highest BCUT2D eigenvalue weighted by Gasteiger charge is 1.98. The number of nitrogens with zero attached hydrogens (tertiary/aromatic N) is 1. The lowest BCUT2D eigenvalue weighted by atomic mass is 10.2. The predicted molar refractivity (Wildman–Crippen MR) is 56.4 cm³/mol. The predicted octanol–water partition coefficient (Wildman–Crippen LogP) is 3.33. The van der Waals surface area contributed by atoms with E-state index in [9.17, 15) is 4.39 Å². The molecule has 0 spiro atoms. The molecule has 3 heteroatoms. The van der Waals surface area contributed by atoms with Crippen molar-refractivity contribution in [2.24, 2.45) is 0 Å². The number of allylic oxidation sites excluding steroid dienone is 1. The molecule has 70 valence electrons. The number of hydrogen-bond donors (Lipinski definition) is 0. The molecule has 1 nitrogen and oxygen atoms in total. The number of aromatic nitrogens is 1. The first-order valence-corrected chi connectivity index (χ1v) is 5.21. The standard InChI is InChI=1S/C10H11BrFN/c1-8-6-9(4-2-3-5-11)10(12)13-7-8/h2,4,6-7H,3,5H2,1H3. The highest BCUT2D eigenvalue weighted by molar-refractivity contribution is 9.09. The fraction of sp³-hybridized carbons (Fsp3) is 0.300. The van der Waals surface area contributed by atoms with Gasteiger partial charge in [0.25, 0.3) is 0 Å². The second kappa shape index (κ2) is 5.12. The minimum Gasteiger partial charge on any atom is -0.228 e. The first kappa shape index (κ1) is 10.4. The van der Waals surface area contributed by atoms with Gasteiger partial charge in [0.05, 0.1) is 0 Å². The number of halogens is 2. The normalized spacial score (nSPS) is 11.0. The van der Waals surface area contributed by atoms with Gasteiger partial charge < -0.3 is 0 Å². The molecule has 0 atom stereocenters. The van der Waals surface area contributed by atoms with Gasteiger partial charge >= 0.3 is 0 Å². The molecule has 1 heterocycles. The summed E-state index contributed by atoms with van der Waals surface area (Å²) in [5, 5.41) is 0.893. The fourth-order valence-corrected chi connectivity index (χ4v) is 1.23. The van der Waals surface area contributed by atoms with Crippen LogP contribution in [0.3, 0.4) is 0 Å². The largest absolute Gasteiger partial charge is 0.228 e. The lowest BCUT2D eigenvalue weighted by Crippen LogP contribution is -1.88. The van der Waals surface area contributed by atoms with Gasteiger partial charge in [0.1, 0.15) is 0 Å². The molecule has 0 radical (unpaired) electrons. The number of hydrogen-bond acceptors (Lipinski definition) is 1. The molecule has 0 amide bonds. The van der Waals surface area contributed by atoms with Crippen LogP contribution in [0.2, 0.25) is 0 Å². The van der Waals surface area contributed by atoms with Gasteiger partial charge in [-0.15, -0.1) is 0 Å². The zero-order valence-electron chi connectivity index (χ0n) is 7.43. The number of pyridine rings is 1. The van der Waals surface area contributed by atoms with Crippen LogP contribution in [0, 0.1) is 12.9 Å². The summed E-state index contributed by atoms with van der Waals surface area (Å²) < 4.78 is 13.0. The summed E-state index contributed by atoms with van der Waals surface area (Å²) in [4.78, 5) is 3.63. The Bertz CT molecular complexity index is 310. The number of alkyl halides is 1. The van der Waals surface area contributed by atoms with E-state index in [-0.39, 0.29) is 0 Å². The molecule has 0 aliphatic heterocycles. The van der Waals surface area contributed by atoms with Crippen molar-refractivity contribution in [1.82, 2.24) is 4.98 Å². The molecule has 0 unspecified atom stereocenters. The van der Waals surface area contributed by atoms with Gasteiger partial charge in [-0.05, 0) is 25.0 Å². The van der Waals surface area contributed by atoms with E-state index in [1.54, 1.807) is 12.1 Å². The van der Waals surface area contributed by atoms with Crippen molar-refractivity contribution >= 4 is 22.0 Å². The Kier molecular flexibility index (Phi) is 4.09. The molecule has 0 aromatic carbocycles. The van der Waals surface area contributed by atoms with Crippen molar-refractivity contribution in [3.05, 3.63) is 35.4 Å². The Morgan fingerprint density at radius 3 is 3.08 bits per heavy atom. The average Bonchev–Trinajstić information content (AvgIpc) is 2.11. The number of rotatable bonds is 3. The third-order valence-corrected chi connectivity index (χ3v) is 2.03. The van der Waals surface area contributed by atoms with Crippen LogP contribution in [0.1, 0.15) is 17.5 Å². The van der Waals surface area contributed by atoms with Crippen LogP contribution in [0.15, 0.2) is 18.3 Å². The van der Waals surface area contributed by atoms with Crippen molar-refractivity contribution in [3.8, 4) is 0 Å². The first-order valence-electron chi connectivity index (χ1n) is 4.08. The lowest BCUT2D eigenvalue weighted by molar-refractivity contribution is 0.580. The van der Waals surface area contributed by atoms with Crippen molar-refractivity contribution in [3.63, 3.8) is 0 Å². The Labute approximate surface area is 85.8 Å². The Morgan fingerprint density at radius 1 is 1.62 bits per heavy atom. The molecule has 1 rings (SSSR count). The molecule has 0 saturated carbocycles. The topological polar surface area (TPSA) is 12.9 Å². The zero-order valence-corrected chi connectivity index (χ0v) is 9.01. The fourth-order valence-electron chi connectivity index (χ4n) is 0.965. The van der Waals surface area contributed by atoms with Crippen LogP contribution in [0.4, 0.5) is 4.39 Å². The summed E-state index contributed by atoms with van der Waals surface area (Å²) in [6.07, 6.45) is 6.11. The Balaban J connectivity index is 2.81. The van der Waals surface area contributed by atoms with Gasteiger partial charge in [0, 0.05) is 17.1 Å². The second-order valence-electron chi connectivity index (χ2n) is 2.77. The van der Waals surface area contributed by atoms with Gasteiger partial charge in [-0.1, -0.05) is 28.1 Å². The van der Waals surface area contributed by atoms with Crippen LogP contribution in [-0.2, 0) is 0 Å². The maximum absolute atomic E-state index is 13.0. The minimum absolute atomic E-state index is 0.406. The van der Waals surface area contributed by atoms with Gasteiger partial charge in [-0.2, -0.15) is 4.39 Å². The van der Waals surface area contributed by atoms with E-state index >= 15 is 0 Å². The van der Waals surface area contributed by atoms with E-state index < -0.39 is 5.95 Å². The highest BCUT2D eigenvalue weighted by atomic mass is 79.9. The van der Waals surface area contributed by atoms with Crippen LogP contribution in [0.25, 0.3) is 6.08 Å². The van der Waals surface area contributed by atoms with Crippen molar-refractivity contribution in [1.29, 1.82) is 0 Å². The molecule has 0 aliphatic rings. The molecule has 0 bridgehead atoms. The molecule has 13 heavy (non-hydrogen) atoms. The molecule has 0 saturated heterocycles. The monoisotopic (exact) mass is 243 g/mol. The van der Waals surface area contributed by atoms with E-state index in [1.807, 2.05) is 13.0 Å². The van der Waals surface area contributed by atoms with Crippen molar-refractivity contribution < 1.29 is 4.39 Å². The molecule has 0 fully saturated rings. The summed E-state index contributed by atoms with van der Waals surface area (Å²) in [6.45, 7) is 1.90. The van der Waals surface area contributed by atoms with Crippen LogP contribution in [-0.4, -0.2) is 10.3 Å². The lowest BCUT2D eigenvalue weighted by Gasteiger charge is -1.96. The minimum atomic E-state index is -0.406. The molecule has 1 aromatic heterocycles. The molecule has 1 aromatic rings. The molecular formula is C10H11BrFN. The Hall–Kier alpha value is -0.700. The number of aryl methyl sites for hydroxylation is 1. The summed E-state index contributed by atoms with van der Waals surface area (Å²) >= 11 is 3.30. The van der Waals surface area contributed by atoms with E-state index in [0.29, 0.717) is 5.56 Å². The van der Waals surface area contributed by atoms with Crippen molar-refractivity contribution in [2.45, 2.75) is 13.3 Å². The van der Waals surface area contributed by atoms with E-state index in [4.69, 9.17) is 0 Å². The smallest absolute Gasteiger partial charge is 0.220 e. The van der Waals surface area contributed by atoms with E-state index in [1.165, 1.54) is 6.20 Å². The molecule has 0 aliphatic carbocycles. The average molecular weight is 244 g/mol. The van der Waals surface area contributed by atoms with Gasteiger partial charge in [-0.25, -0.2) is 4.98 Å². The summed E-state index contributed by atoms with van der Waals surface area (Å²) in [6, 6.07) is 1.78. The highest BCUT2D eigenvalue weighted by Crippen LogP contribution is 2.09. The van der Waals surface area contributed by atoms with Gasteiger partial charge in [0.2, 0.25) is 5.95 Å². The summed E-state index contributed by atoms with van der Waals surface area (Å²) in [5.41, 5.74) is 1.53. The maximum Gasteiger partial charge on any atom is 0.220 e. The maximum atomic E-state index is 13.0. The van der Waals surface area contributed by atoms with Crippen LogP contribution >= 0.6 is 15.9 Å². The second-order valence-corrected chi connectivity index (χ2v) is 3.57. The van der Waals surface area contributed by atoms with E-state index in [2.05, 4.69) is 20.9 Å². The van der Waals surface area contributed by atoms with Gasteiger partial charge in [0.15, 0.2) is 0 Å². The molecular weight excluding hydrogens is 233 g/mol. The Morgan fingerprint density at radius 2 is 2.38 bits per heavy atom. The van der Waals surface area contributed by atoms with Crippen molar-refractivity contribution in [2.75, 3.05) is 5.33 Å². The quantitative estimate of drug-likeness (QED) is 0.587. The first-order chi connectivity index (χ1) is 6.24. The third kappa shape index (κ3) is 3.27. The third-order valence-electron chi connectivity index (χ3n) is 1.58. The van der Waals surface area contributed by atoms with Crippen LogP contribution < -0.4 is 0 Å². The summed E-state index contributed by atoms with van der Waals surface area (Å²) in [5.74, 6) is -0.406. The SMILES string of the molecule is Cc1cnc(F)c(C=CCCBr)c1. The summed E-state index contributed by atoms with van der Waals surface area (Å²) in [7, 11) is 0. The van der Waals surface area contributed by atoms with Crippen LogP contribution in [0.5, 0.6) is 0 Å². The van der Waals surface area contributed by atoms with Gasteiger partial charge in [-0.3, -0.25) is 0 Å². The zero-order chi connectivity index (χ0) is 9.68. The molecule has 0 N–H and O–H groups in total. The van der Waals surface area contributed by atoms with E-state index in [0.717, 1.165) is 17.3 Å².